The van der Waals surface area contributed by atoms with Gasteiger partial charge in [0.1, 0.15) is 4.21 Å². The first-order valence-electron chi connectivity index (χ1n) is 9.99. The van der Waals surface area contributed by atoms with Crippen LogP contribution >= 0.6 is 11.3 Å². The summed E-state index contributed by atoms with van der Waals surface area (Å²) in [6.45, 7) is 1.10. The number of benzene rings is 2. The maximum absolute atomic E-state index is 12.8. The number of oxazole rings is 1. The zero-order valence-electron chi connectivity index (χ0n) is 17.9. The Bertz CT molecular complexity index is 1450. The number of hydrogen-bond acceptors (Lipinski definition) is 7. The minimum atomic E-state index is -3.72. The van der Waals surface area contributed by atoms with E-state index >= 15 is 0 Å². The van der Waals surface area contributed by atoms with Crippen molar-refractivity contribution in [1.82, 2.24) is 9.47 Å². The number of thiophene rings is 1. The van der Waals surface area contributed by atoms with E-state index in [4.69, 9.17) is 4.42 Å². The lowest BCUT2D eigenvalue weighted by Gasteiger charge is -2.10. The van der Waals surface area contributed by atoms with Crippen LogP contribution in [0.4, 0.5) is 11.4 Å². The third-order valence-corrected chi connectivity index (χ3v) is 7.61. The van der Waals surface area contributed by atoms with Crippen LogP contribution in [0.2, 0.25) is 0 Å². The number of rotatable bonds is 8. The van der Waals surface area contributed by atoms with Crippen LogP contribution < -0.4 is 15.8 Å². The summed E-state index contributed by atoms with van der Waals surface area (Å²) in [5.41, 5.74) is 2.05. The summed E-state index contributed by atoms with van der Waals surface area (Å²) >= 11 is 1.11. The SMILES string of the molecule is CN(C)CCn1c(=O)oc2ccc(NC(=O)c3cccc(NS(=O)(=O)c4cccs4)c3)cc21. The lowest BCUT2D eigenvalue weighted by molar-refractivity contribution is 0.102. The summed E-state index contributed by atoms with van der Waals surface area (Å²) in [6.07, 6.45) is 0. The van der Waals surface area contributed by atoms with Gasteiger partial charge in [-0.2, -0.15) is 0 Å². The molecule has 2 N–H and O–H groups in total. The molecule has 172 valence electrons. The molecule has 0 aliphatic heterocycles. The van der Waals surface area contributed by atoms with Gasteiger partial charge in [-0.25, -0.2) is 13.2 Å². The number of nitrogens with one attached hydrogen (secondary N) is 2. The van der Waals surface area contributed by atoms with Crippen LogP contribution in [0.15, 0.2) is 73.4 Å². The number of sulfonamides is 1. The van der Waals surface area contributed by atoms with Crippen LogP contribution in [0.25, 0.3) is 11.1 Å². The fourth-order valence-corrected chi connectivity index (χ4v) is 5.24. The lowest BCUT2D eigenvalue weighted by atomic mass is 10.2. The molecule has 4 aromatic rings. The van der Waals surface area contributed by atoms with Gasteiger partial charge >= 0.3 is 5.76 Å². The summed E-state index contributed by atoms with van der Waals surface area (Å²) in [6, 6.07) is 14.3. The quantitative estimate of drug-likeness (QED) is 0.395. The Labute approximate surface area is 194 Å². The van der Waals surface area contributed by atoms with Crippen molar-refractivity contribution in [3.05, 3.63) is 76.1 Å². The maximum atomic E-state index is 12.8. The van der Waals surface area contributed by atoms with Gasteiger partial charge < -0.3 is 14.6 Å². The van der Waals surface area contributed by atoms with Crippen molar-refractivity contribution in [1.29, 1.82) is 0 Å². The van der Waals surface area contributed by atoms with Crippen molar-refractivity contribution < 1.29 is 17.6 Å². The molecule has 0 aliphatic carbocycles. The van der Waals surface area contributed by atoms with E-state index in [1.807, 2.05) is 19.0 Å². The van der Waals surface area contributed by atoms with Crippen molar-refractivity contribution in [3.8, 4) is 0 Å². The van der Waals surface area contributed by atoms with Crippen LogP contribution in [0.3, 0.4) is 0 Å². The third-order valence-electron chi connectivity index (χ3n) is 4.83. The van der Waals surface area contributed by atoms with Crippen molar-refractivity contribution in [2.45, 2.75) is 10.8 Å². The second-order valence-corrected chi connectivity index (χ2v) is 10.4. The number of hydrogen-bond donors (Lipinski definition) is 2. The monoisotopic (exact) mass is 486 g/mol. The summed E-state index contributed by atoms with van der Waals surface area (Å²) in [4.78, 5) is 26.9. The molecule has 0 aliphatic rings. The Morgan fingerprint density at radius 1 is 1.09 bits per heavy atom. The largest absolute Gasteiger partial charge is 0.419 e. The van der Waals surface area contributed by atoms with Crippen LogP contribution in [-0.2, 0) is 16.6 Å². The summed E-state index contributed by atoms with van der Waals surface area (Å²) in [5.74, 6) is -0.877. The van der Waals surface area contributed by atoms with Crippen molar-refractivity contribution in [2.24, 2.45) is 0 Å². The van der Waals surface area contributed by atoms with E-state index in [-0.39, 0.29) is 15.5 Å². The molecular formula is C22H22N4O5S2. The minimum Gasteiger partial charge on any atom is -0.408 e. The van der Waals surface area contributed by atoms with E-state index in [1.165, 1.54) is 16.7 Å². The van der Waals surface area contributed by atoms with Gasteiger partial charge in [-0.15, -0.1) is 11.3 Å². The third kappa shape index (κ3) is 5.16. The second kappa shape index (κ2) is 9.22. The van der Waals surface area contributed by atoms with Gasteiger partial charge in [0, 0.05) is 30.0 Å². The van der Waals surface area contributed by atoms with E-state index in [2.05, 4.69) is 10.0 Å². The molecule has 2 heterocycles. The number of carbonyl (C=O) groups is 1. The van der Waals surface area contributed by atoms with Gasteiger partial charge in [-0.1, -0.05) is 12.1 Å². The Morgan fingerprint density at radius 3 is 2.64 bits per heavy atom. The number of fused-ring (bicyclic) bond motifs is 1. The zero-order valence-corrected chi connectivity index (χ0v) is 19.6. The van der Waals surface area contributed by atoms with Crippen LogP contribution in [-0.4, -0.2) is 44.4 Å². The van der Waals surface area contributed by atoms with E-state index < -0.39 is 21.7 Å². The lowest BCUT2D eigenvalue weighted by Crippen LogP contribution is -2.23. The van der Waals surface area contributed by atoms with E-state index in [1.54, 1.807) is 47.8 Å². The van der Waals surface area contributed by atoms with Crippen molar-refractivity contribution >= 4 is 49.7 Å². The smallest absolute Gasteiger partial charge is 0.408 e. The molecule has 1 amide bonds. The van der Waals surface area contributed by atoms with Gasteiger partial charge in [0.2, 0.25) is 0 Å². The average molecular weight is 487 g/mol. The molecule has 33 heavy (non-hydrogen) atoms. The number of aromatic nitrogens is 1. The number of anilines is 2. The molecule has 0 saturated heterocycles. The predicted molar refractivity (Wildman–Crippen MR) is 129 cm³/mol. The number of amides is 1. The minimum absolute atomic E-state index is 0.186. The maximum Gasteiger partial charge on any atom is 0.419 e. The zero-order chi connectivity index (χ0) is 23.6. The van der Waals surface area contributed by atoms with Crippen molar-refractivity contribution in [2.75, 3.05) is 30.7 Å². The van der Waals surface area contributed by atoms with Gasteiger partial charge in [-0.05, 0) is 61.9 Å². The molecule has 0 radical (unpaired) electrons. The highest BCUT2D eigenvalue weighted by atomic mass is 32.2. The molecular weight excluding hydrogens is 464 g/mol. The molecule has 0 bridgehead atoms. The highest BCUT2D eigenvalue weighted by Gasteiger charge is 2.17. The molecule has 0 unspecified atom stereocenters. The normalized spacial score (nSPS) is 11.7. The Hall–Kier alpha value is -3.41. The van der Waals surface area contributed by atoms with E-state index in [0.29, 0.717) is 29.9 Å². The molecule has 0 atom stereocenters. The highest BCUT2D eigenvalue weighted by molar-refractivity contribution is 7.94. The molecule has 4 rings (SSSR count). The van der Waals surface area contributed by atoms with Gasteiger partial charge in [0.05, 0.1) is 5.52 Å². The first kappa shape index (κ1) is 22.8. The molecule has 0 spiro atoms. The Balaban J connectivity index is 1.54. The standard InChI is InChI=1S/C22H22N4O5S2/c1-25(2)10-11-26-18-14-16(8-9-19(18)31-22(26)28)23-21(27)15-5-3-6-17(13-15)24-33(29,30)20-7-4-12-32-20/h3-9,12-14,24H,10-11H2,1-2H3,(H,23,27). The molecule has 0 saturated carbocycles. The number of nitrogens with zero attached hydrogens (tertiary/aromatic N) is 2. The van der Waals surface area contributed by atoms with Crippen LogP contribution in [0, 0.1) is 0 Å². The Morgan fingerprint density at radius 2 is 1.91 bits per heavy atom. The number of likely N-dealkylation sites (N-methyl/N-ethyl adjacent to an activating group) is 1. The first-order valence-corrected chi connectivity index (χ1v) is 12.3. The van der Waals surface area contributed by atoms with Gasteiger partial charge in [0.15, 0.2) is 5.58 Å². The van der Waals surface area contributed by atoms with E-state index in [0.717, 1.165) is 11.3 Å². The van der Waals surface area contributed by atoms with Gasteiger partial charge in [-0.3, -0.25) is 14.1 Å². The fourth-order valence-electron chi connectivity index (χ4n) is 3.20. The van der Waals surface area contributed by atoms with E-state index in [9.17, 15) is 18.0 Å². The molecule has 2 aromatic carbocycles. The second-order valence-electron chi connectivity index (χ2n) is 7.58. The van der Waals surface area contributed by atoms with Crippen LogP contribution in [0.5, 0.6) is 0 Å². The fraction of sp³-hybridized carbons (Fsp3) is 0.182. The molecule has 9 nitrogen and oxygen atoms in total. The molecule has 0 fully saturated rings. The molecule has 2 aromatic heterocycles. The average Bonchev–Trinajstić information content (AvgIpc) is 3.40. The Kier molecular flexibility index (Phi) is 6.36. The molecule has 11 heteroatoms. The topological polar surface area (TPSA) is 114 Å². The summed E-state index contributed by atoms with van der Waals surface area (Å²) in [7, 11) is 0.101. The summed E-state index contributed by atoms with van der Waals surface area (Å²) in [5, 5.41) is 4.46. The summed E-state index contributed by atoms with van der Waals surface area (Å²) < 4.78 is 34.4. The first-order chi connectivity index (χ1) is 15.7. The van der Waals surface area contributed by atoms with Crippen molar-refractivity contribution in [3.63, 3.8) is 0 Å². The van der Waals surface area contributed by atoms with Gasteiger partial charge in [0.25, 0.3) is 15.9 Å². The predicted octanol–water partition coefficient (Wildman–Crippen LogP) is 3.27. The highest BCUT2D eigenvalue weighted by Crippen LogP contribution is 2.22. The number of carbonyl (C=O) groups excluding carboxylic acids is 1. The van der Waals surface area contributed by atoms with Crippen LogP contribution in [0.1, 0.15) is 10.4 Å².